The number of benzene rings is 1. The third-order valence-corrected chi connectivity index (χ3v) is 4.46. The Hall–Kier alpha value is -0.810. The molecule has 4 nitrogen and oxygen atoms in total. The highest BCUT2D eigenvalue weighted by atomic mass is 35.5. The molecule has 0 amide bonds. The van der Waals surface area contributed by atoms with Gasteiger partial charge in [-0.05, 0) is 24.6 Å². The summed E-state index contributed by atoms with van der Waals surface area (Å²) in [4.78, 5) is 2.43. The molecule has 1 aromatic rings. The minimum Gasteiger partial charge on any atom is -0.495 e. The topological polar surface area (TPSA) is 30.9 Å². The Morgan fingerprint density at radius 3 is 3.00 bits per heavy atom. The molecule has 2 heterocycles. The fraction of sp³-hybridized carbons (Fsp3) is 0.625. The van der Waals surface area contributed by atoms with Crippen LogP contribution in [-0.2, 0) is 16.0 Å². The number of hydrogen-bond donors (Lipinski definition) is 0. The maximum atomic E-state index is 6.21. The van der Waals surface area contributed by atoms with Gasteiger partial charge in [0, 0.05) is 32.7 Å². The van der Waals surface area contributed by atoms with Crippen LogP contribution in [0.2, 0.25) is 5.02 Å². The van der Waals surface area contributed by atoms with Crippen LogP contribution in [0.4, 0.5) is 0 Å². The monoisotopic (exact) mass is 311 g/mol. The van der Waals surface area contributed by atoms with E-state index in [0.717, 1.165) is 38.4 Å². The Bertz CT molecular complexity index is 502. The third kappa shape index (κ3) is 3.34. The van der Waals surface area contributed by atoms with E-state index in [9.17, 15) is 0 Å². The maximum absolute atomic E-state index is 6.21. The van der Waals surface area contributed by atoms with Gasteiger partial charge < -0.3 is 14.2 Å². The molecule has 21 heavy (non-hydrogen) atoms. The van der Waals surface area contributed by atoms with Crippen LogP contribution in [0.15, 0.2) is 18.2 Å². The number of hydrogen-bond acceptors (Lipinski definition) is 4. The van der Waals surface area contributed by atoms with Gasteiger partial charge in [-0.1, -0.05) is 17.7 Å². The fourth-order valence-electron chi connectivity index (χ4n) is 3.33. The molecule has 0 aliphatic carbocycles. The lowest BCUT2D eigenvalue weighted by atomic mass is 9.99. The summed E-state index contributed by atoms with van der Waals surface area (Å²) in [5, 5.41) is 0.662. The molecular formula is C16H22ClNO3. The molecule has 116 valence electrons. The van der Waals surface area contributed by atoms with Gasteiger partial charge in [0.2, 0.25) is 0 Å². The Morgan fingerprint density at radius 1 is 1.48 bits per heavy atom. The van der Waals surface area contributed by atoms with Gasteiger partial charge in [-0.2, -0.15) is 0 Å². The number of morpholine rings is 1. The normalized spacial score (nSPS) is 30.0. The van der Waals surface area contributed by atoms with Crippen LogP contribution < -0.4 is 4.74 Å². The molecule has 0 aromatic heterocycles. The zero-order valence-corrected chi connectivity index (χ0v) is 13.4. The third-order valence-electron chi connectivity index (χ3n) is 4.17. The molecule has 2 unspecified atom stereocenters. The summed E-state index contributed by atoms with van der Waals surface area (Å²) in [6, 6.07) is 5.98. The largest absolute Gasteiger partial charge is 0.495 e. The molecule has 0 bridgehead atoms. The van der Waals surface area contributed by atoms with Gasteiger partial charge in [0.1, 0.15) is 11.4 Å². The Labute approximate surface area is 130 Å². The van der Waals surface area contributed by atoms with E-state index in [2.05, 4.69) is 17.9 Å². The smallest absolute Gasteiger partial charge is 0.137 e. The summed E-state index contributed by atoms with van der Waals surface area (Å²) < 4.78 is 16.9. The van der Waals surface area contributed by atoms with Crippen molar-refractivity contribution in [1.82, 2.24) is 4.90 Å². The van der Waals surface area contributed by atoms with Crippen LogP contribution in [0.5, 0.6) is 5.75 Å². The standard InChI is InChI=1S/C16H22ClNO3/c1-12-8-18(10-16(21-12)5-6-20-11-16)9-13-3-4-15(19-2)14(17)7-13/h3-4,7,12H,5-6,8-11H2,1-2H3. The number of methoxy groups -OCH3 is 1. The highest BCUT2D eigenvalue weighted by Crippen LogP contribution is 2.31. The minimum atomic E-state index is -0.117. The summed E-state index contributed by atoms with van der Waals surface area (Å²) in [7, 11) is 1.63. The molecular weight excluding hydrogens is 290 g/mol. The zero-order valence-electron chi connectivity index (χ0n) is 12.6. The van der Waals surface area contributed by atoms with Gasteiger partial charge in [-0.3, -0.25) is 4.90 Å². The van der Waals surface area contributed by atoms with E-state index in [1.807, 2.05) is 12.1 Å². The molecule has 0 saturated carbocycles. The van der Waals surface area contributed by atoms with Crippen molar-refractivity contribution in [3.05, 3.63) is 28.8 Å². The molecule has 2 aliphatic heterocycles. The second kappa shape index (κ2) is 6.13. The van der Waals surface area contributed by atoms with Crippen LogP contribution >= 0.6 is 11.6 Å². The summed E-state index contributed by atoms with van der Waals surface area (Å²) in [5.74, 6) is 0.719. The summed E-state index contributed by atoms with van der Waals surface area (Å²) in [6.07, 6.45) is 1.21. The lowest BCUT2D eigenvalue weighted by Crippen LogP contribution is -2.55. The summed E-state index contributed by atoms with van der Waals surface area (Å²) in [5.41, 5.74) is 1.08. The predicted molar refractivity (Wildman–Crippen MR) is 82.0 cm³/mol. The molecule has 1 spiro atoms. The summed E-state index contributed by atoms with van der Waals surface area (Å²) >= 11 is 6.21. The van der Waals surface area contributed by atoms with E-state index in [-0.39, 0.29) is 11.7 Å². The number of ether oxygens (including phenoxy) is 3. The minimum absolute atomic E-state index is 0.117. The molecule has 0 N–H and O–H groups in total. The first-order valence-electron chi connectivity index (χ1n) is 7.41. The van der Waals surface area contributed by atoms with Crippen LogP contribution in [-0.4, -0.2) is 50.0 Å². The van der Waals surface area contributed by atoms with Gasteiger partial charge in [0.15, 0.2) is 0 Å². The van der Waals surface area contributed by atoms with Gasteiger partial charge in [-0.15, -0.1) is 0 Å². The van der Waals surface area contributed by atoms with E-state index in [1.165, 1.54) is 5.56 Å². The second-order valence-corrected chi connectivity index (χ2v) is 6.46. The first-order valence-corrected chi connectivity index (χ1v) is 7.78. The van der Waals surface area contributed by atoms with Crippen molar-refractivity contribution < 1.29 is 14.2 Å². The summed E-state index contributed by atoms with van der Waals surface area (Å²) in [6.45, 7) is 6.37. The molecule has 2 atom stereocenters. The van der Waals surface area contributed by atoms with Crippen LogP contribution in [0.1, 0.15) is 18.9 Å². The SMILES string of the molecule is COc1ccc(CN2CC(C)OC3(CCOC3)C2)cc1Cl. The lowest BCUT2D eigenvalue weighted by molar-refractivity contribution is -0.149. The highest BCUT2D eigenvalue weighted by molar-refractivity contribution is 6.32. The van der Waals surface area contributed by atoms with E-state index < -0.39 is 0 Å². The average molecular weight is 312 g/mol. The maximum Gasteiger partial charge on any atom is 0.137 e. The molecule has 0 radical (unpaired) electrons. The average Bonchev–Trinajstić information content (AvgIpc) is 2.85. The van der Waals surface area contributed by atoms with Crippen LogP contribution in [0.25, 0.3) is 0 Å². The molecule has 2 aliphatic rings. The van der Waals surface area contributed by atoms with E-state index in [1.54, 1.807) is 7.11 Å². The molecule has 1 aromatic carbocycles. The van der Waals surface area contributed by atoms with Gasteiger partial charge >= 0.3 is 0 Å². The van der Waals surface area contributed by atoms with Gasteiger partial charge in [0.05, 0.1) is 24.8 Å². The van der Waals surface area contributed by atoms with Crippen molar-refractivity contribution in [2.75, 3.05) is 33.4 Å². The van der Waals surface area contributed by atoms with Crippen molar-refractivity contribution in [2.45, 2.75) is 31.6 Å². The first kappa shape index (κ1) is 15.1. The van der Waals surface area contributed by atoms with Crippen molar-refractivity contribution in [3.8, 4) is 5.75 Å². The fourth-order valence-corrected chi connectivity index (χ4v) is 3.61. The highest BCUT2D eigenvalue weighted by Gasteiger charge is 2.42. The van der Waals surface area contributed by atoms with Crippen molar-refractivity contribution in [1.29, 1.82) is 0 Å². The Morgan fingerprint density at radius 2 is 2.33 bits per heavy atom. The molecule has 2 fully saturated rings. The van der Waals surface area contributed by atoms with Crippen LogP contribution in [0.3, 0.4) is 0 Å². The number of halogens is 1. The Balaban J connectivity index is 1.70. The second-order valence-electron chi connectivity index (χ2n) is 6.05. The van der Waals surface area contributed by atoms with Crippen LogP contribution in [0, 0.1) is 0 Å². The van der Waals surface area contributed by atoms with E-state index >= 15 is 0 Å². The zero-order chi connectivity index (χ0) is 14.9. The van der Waals surface area contributed by atoms with Gasteiger partial charge in [0.25, 0.3) is 0 Å². The predicted octanol–water partition coefficient (Wildman–Crippen LogP) is 2.73. The Kier molecular flexibility index (Phi) is 4.41. The van der Waals surface area contributed by atoms with Crippen molar-refractivity contribution >= 4 is 11.6 Å². The lowest BCUT2D eigenvalue weighted by Gasteiger charge is -2.43. The van der Waals surface area contributed by atoms with Crippen molar-refractivity contribution in [2.24, 2.45) is 0 Å². The quantitative estimate of drug-likeness (QED) is 0.859. The van der Waals surface area contributed by atoms with Gasteiger partial charge in [-0.25, -0.2) is 0 Å². The van der Waals surface area contributed by atoms with E-state index in [0.29, 0.717) is 11.6 Å². The number of nitrogens with zero attached hydrogens (tertiary/aromatic N) is 1. The number of rotatable bonds is 3. The molecule has 2 saturated heterocycles. The van der Waals surface area contributed by atoms with Crippen molar-refractivity contribution in [3.63, 3.8) is 0 Å². The molecule has 5 heteroatoms. The first-order chi connectivity index (χ1) is 10.1. The molecule has 3 rings (SSSR count). The van der Waals surface area contributed by atoms with E-state index in [4.69, 9.17) is 25.8 Å².